The Labute approximate surface area is 132 Å². The van der Waals surface area contributed by atoms with E-state index in [2.05, 4.69) is 15.6 Å². The SMILES string of the molecule is CN=C(NCCOCC1CCCO1)NC(C)c1ccc(C)o1. The number of hydrogen-bond donors (Lipinski definition) is 2. The number of guanidine groups is 1. The molecule has 0 bridgehead atoms. The fourth-order valence-electron chi connectivity index (χ4n) is 2.39. The van der Waals surface area contributed by atoms with E-state index in [4.69, 9.17) is 13.9 Å². The molecule has 6 nitrogen and oxygen atoms in total. The number of furan rings is 1. The predicted molar refractivity (Wildman–Crippen MR) is 86.2 cm³/mol. The van der Waals surface area contributed by atoms with E-state index in [0.717, 1.165) is 36.9 Å². The Kier molecular flexibility index (Phi) is 6.74. The number of aliphatic imine (C=N–C) groups is 1. The van der Waals surface area contributed by atoms with Gasteiger partial charge in [-0.1, -0.05) is 0 Å². The monoisotopic (exact) mass is 309 g/mol. The van der Waals surface area contributed by atoms with Crippen molar-refractivity contribution in [1.29, 1.82) is 0 Å². The fourth-order valence-corrected chi connectivity index (χ4v) is 2.39. The van der Waals surface area contributed by atoms with Crippen molar-refractivity contribution < 1.29 is 13.9 Å². The van der Waals surface area contributed by atoms with Crippen LogP contribution in [0.25, 0.3) is 0 Å². The van der Waals surface area contributed by atoms with Crippen molar-refractivity contribution in [3.8, 4) is 0 Å². The minimum atomic E-state index is 0.0627. The molecule has 6 heteroatoms. The summed E-state index contributed by atoms with van der Waals surface area (Å²) in [6.07, 6.45) is 2.53. The molecule has 124 valence electrons. The summed E-state index contributed by atoms with van der Waals surface area (Å²) in [5.41, 5.74) is 0. The molecule has 0 radical (unpaired) electrons. The van der Waals surface area contributed by atoms with Crippen LogP contribution in [0.3, 0.4) is 0 Å². The van der Waals surface area contributed by atoms with E-state index in [-0.39, 0.29) is 12.1 Å². The lowest BCUT2D eigenvalue weighted by molar-refractivity contribution is 0.0191. The number of rotatable bonds is 7. The maximum absolute atomic E-state index is 5.62. The highest BCUT2D eigenvalue weighted by atomic mass is 16.5. The first-order valence-electron chi connectivity index (χ1n) is 7.92. The fraction of sp³-hybridized carbons (Fsp3) is 0.688. The first kappa shape index (κ1) is 16.8. The lowest BCUT2D eigenvalue weighted by Gasteiger charge is -2.16. The summed E-state index contributed by atoms with van der Waals surface area (Å²) in [6, 6.07) is 4.00. The predicted octanol–water partition coefficient (Wildman–Crippen LogP) is 2.01. The second kappa shape index (κ2) is 8.80. The van der Waals surface area contributed by atoms with Gasteiger partial charge in [0.15, 0.2) is 5.96 Å². The lowest BCUT2D eigenvalue weighted by atomic mass is 10.2. The molecule has 0 aliphatic carbocycles. The second-order valence-corrected chi connectivity index (χ2v) is 5.52. The summed E-state index contributed by atoms with van der Waals surface area (Å²) >= 11 is 0. The van der Waals surface area contributed by atoms with Gasteiger partial charge in [0.2, 0.25) is 0 Å². The highest BCUT2D eigenvalue weighted by Gasteiger charge is 2.15. The number of aryl methyl sites for hydroxylation is 1. The van der Waals surface area contributed by atoms with Crippen LogP contribution in [-0.4, -0.2) is 45.5 Å². The maximum Gasteiger partial charge on any atom is 0.191 e. The smallest absolute Gasteiger partial charge is 0.191 e. The van der Waals surface area contributed by atoms with Crippen LogP contribution in [0.15, 0.2) is 21.5 Å². The molecule has 2 unspecified atom stereocenters. The van der Waals surface area contributed by atoms with E-state index in [9.17, 15) is 0 Å². The molecule has 1 saturated heterocycles. The van der Waals surface area contributed by atoms with E-state index in [1.807, 2.05) is 26.0 Å². The average molecular weight is 309 g/mol. The first-order valence-corrected chi connectivity index (χ1v) is 7.92. The third-order valence-corrected chi connectivity index (χ3v) is 3.63. The number of nitrogens with one attached hydrogen (secondary N) is 2. The van der Waals surface area contributed by atoms with Crippen molar-refractivity contribution in [3.63, 3.8) is 0 Å². The van der Waals surface area contributed by atoms with Crippen LogP contribution in [0, 0.1) is 6.92 Å². The van der Waals surface area contributed by atoms with Crippen LogP contribution in [-0.2, 0) is 9.47 Å². The van der Waals surface area contributed by atoms with Crippen molar-refractivity contribution in [2.75, 3.05) is 33.4 Å². The van der Waals surface area contributed by atoms with Gasteiger partial charge in [-0.3, -0.25) is 4.99 Å². The zero-order valence-electron chi connectivity index (χ0n) is 13.7. The van der Waals surface area contributed by atoms with E-state index in [1.165, 1.54) is 0 Å². The Morgan fingerprint density at radius 2 is 2.36 bits per heavy atom. The van der Waals surface area contributed by atoms with Crippen LogP contribution in [0.2, 0.25) is 0 Å². The maximum atomic E-state index is 5.62. The van der Waals surface area contributed by atoms with E-state index in [0.29, 0.717) is 19.8 Å². The minimum absolute atomic E-state index is 0.0627. The normalized spacial score (nSPS) is 20.1. The quantitative estimate of drug-likeness (QED) is 0.458. The molecule has 1 aromatic heterocycles. The molecule has 22 heavy (non-hydrogen) atoms. The van der Waals surface area contributed by atoms with Gasteiger partial charge in [0.05, 0.1) is 25.4 Å². The Bertz CT molecular complexity index is 467. The topological polar surface area (TPSA) is 68.0 Å². The molecular weight excluding hydrogens is 282 g/mol. The van der Waals surface area contributed by atoms with Crippen molar-refractivity contribution in [3.05, 3.63) is 23.7 Å². The van der Waals surface area contributed by atoms with Crippen LogP contribution in [0.5, 0.6) is 0 Å². The third-order valence-electron chi connectivity index (χ3n) is 3.63. The average Bonchev–Trinajstić information content (AvgIpc) is 3.17. The van der Waals surface area contributed by atoms with Crippen molar-refractivity contribution in [1.82, 2.24) is 10.6 Å². The Morgan fingerprint density at radius 1 is 1.50 bits per heavy atom. The number of nitrogens with zero attached hydrogens (tertiary/aromatic N) is 1. The molecule has 0 spiro atoms. The van der Waals surface area contributed by atoms with Crippen molar-refractivity contribution in [2.24, 2.45) is 4.99 Å². The molecule has 0 saturated carbocycles. The largest absolute Gasteiger partial charge is 0.464 e. The van der Waals surface area contributed by atoms with Crippen LogP contribution in [0.1, 0.15) is 37.3 Å². The van der Waals surface area contributed by atoms with Gasteiger partial charge in [-0.2, -0.15) is 0 Å². The molecule has 1 fully saturated rings. The van der Waals surface area contributed by atoms with Crippen molar-refractivity contribution >= 4 is 5.96 Å². The first-order chi connectivity index (χ1) is 10.7. The zero-order valence-corrected chi connectivity index (χ0v) is 13.7. The van der Waals surface area contributed by atoms with Gasteiger partial charge in [-0.25, -0.2) is 0 Å². The summed E-state index contributed by atoms with van der Waals surface area (Å²) < 4.78 is 16.7. The van der Waals surface area contributed by atoms with Crippen LogP contribution >= 0.6 is 0 Å². The minimum Gasteiger partial charge on any atom is -0.464 e. The molecule has 2 rings (SSSR count). The lowest BCUT2D eigenvalue weighted by Crippen LogP contribution is -2.40. The summed E-state index contributed by atoms with van der Waals surface area (Å²) in [6.45, 7) is 6.86. The van der Waals surface area contributed by atoms with Gasteiger partial charge in [0, 0.05) is 20.2 Å². The van der Waals surface area contributed by atoms with Gasteiger partial charge >= 0.3 is 0 Å². The third kappa shape index (κ3) is 5.35. The van der Waals surface area contributed by atoms with E-state index in [1.54, 1.807) is 7.05 Å². The Hall–Kier alpha value is -1.53. The summed E-state index contributed by atoms with van der Waals surface area (Å²) in [7, 11) is 1.75. The van der Waals surface area contributed by atoms with Gasteiger partial charge < -0.3 is 24.5 Å². The van der Waals surface area contributed by atoms with Gasteiger partial charge in [0.1, 0.15) is 11.5 Å². The van der Waals surface area contributed by atoms with E-state index < -0.39 is 0 Å². The van der Waals surface area contributed by atoms with Gasteiger partial charge in [-0.05, 0) is 38.8 Å². The highest BCUT2D eigenvalue weighted by Crippen LogP contribution is 2.15. The number of ether oxygens (including phenoxy) is 2. The molecule has 2 heterocycles. The van der Waals surface area contributed by atoms with Gasteiger partial charge in [-0.15, -0.1) is 0 Å². The molecule has 0 aromatic carbocycles. The highest BCUT2D eigenvalue weighted by molar-refractivity contribution is 5.79. The molecule has 1 aliphatic heterocycles. The van der Waals surface area contributed by atoms with Crippen molar-refractivity contribution in [2.45, 2.75) is 38.8 Å². The molecule has 1 aromatic rings. The summed E-state index contributed by atoms with van der Waals surface area (Å²) in [4.78, 5) is 4.21. The zero-order chi connectivity index (χ0) is 15.8. The summed E-state index contributed by atoms with van der Waals surface area (Å²) in [5, 5.41) is 6.53. The van der Waals surface area contributed by atoms with Gasteiger partial charge in [0.25, 0.3) is 0 Å². The number of hydrogen-bond acceptors (Lipinski definition) is 4. The second-order valence-electron chi connectivity index (χ2n) is 5.52. The Balaban J connectivity index is 1.62. The Morgan fingerprint density at radius 3 is 3.00 bits per heavy atom. The standard InChI is InChI=1S/C16H27N3O3/c1-12-6-7-15(22-12)13(2)19-16(17-3)18-8-10-20-11-14-5-4-9-21-14/h6-7,13-14H,4-5,8-11H2,1-3H3,(H2,17,18,19). The molecule has 1 aliphatic rings. The molecule has 0 amide bonds. The molecule has 2 atom stereocenters. The summed E-state index contributed by atoms with van der Waals surface area (Å²) in [5.74, 6) is 2.55. The van der Waals surface area contributed by atoms with Crippen LogP contribution in [0.4, 0.5) is 0 Å². The van der Waals surface area contributed by atoms with Crippen LogP contribution < -0.4 is 10.6 Å². The molecular formula is C16H27N3O3. The molecule has 2 N–H and O–H groups in total. The van der Waals surface area contributed by atoms with E-state index >= 15 is 0 Å².